The molecule has 122 valence electrons. The maximum absolute atomic E-state index is 10.7. The van der Waals surface area contributed by atoms with Gasteiger partial charge < -0.3 is 0 Å². The average molecular weight is 333 g/mol. The predicted octanol–water partition coefficient (Wildman–Crippen LogP) is 3.03. The van der Waals surface area contributed by atoms with Crippen molar-refractivity contribution in [2.45, 2.75) is 44.1 Å². The number of rotatable bonds is 5. The van der Waals surface area contributed by atoms with Gasteiger partial charge in [-0.3, -0.25) is 20.1 Å². The Labute approximate surface area is 137 Å². The highest BCUT2D eigenvalue weighted by atomic mass is 32.1. The molecule has 0 unspecified atom stereocenters. The molecule has 0 spiro atoms. The highest BCUT2D eigenvalue weighted by molar-refractivity contribution is 7.13. The smallest absolute Gasteiger partial charge is 0.299 e. The summed E-state index contributed by atoms with van der Waals surface area (Å²) in [4.78, 5) is 17.5. The first-order valence-corrected chi connectivity index (χ1v) is 8.93. The molecule has 1 aliphatic carbocycles. The molecular weight excluding hydrogens is 314 g/mol. The molecule has 8 heteroatoms. The zero-order chi connectivity index (χ0) is 15.8. The third-order valence-corrected chi connectivity index (χ3v) is 5.59. The number of nitro groups is 1. The standard InChI is InChI=1S/C15H19N5O2S/c21-20(22)13-7-10(9-23-13)8-19-5-3-12(4-6-19)15-16-14(17-18-15)11-1-2-11/h7,9,11-12H,1-6,8H2,(H,16,17,18). The summed E-state index contributed by atoms with van der Waals surface area (Å²) in [5.41, 5.74) is 1.04. The molecule has 1 saturated heterocycles. The molecule has 0 aromatic carbocycles. The summed E-state index contributed by atoms with van der Waals surface area (Å²) in [6, 6.07) is 1.69. The van der Waals surface area contributed by atoms with E-state index in [-0.39, 0.29) is 9.92 Å². The summed E-state index contributed by atoms with van der Waals surface area (Å²) < 4.78 is 0. The average Bonchev–Trinajstić information content (AvgIpc) is 3.10. The Morgan fingerprint density at radius 3 is 2.74 bits per heavy atom. The van der Waals surface area contributed by atoms with Gasteiger partial charge in [-0.25, -0.2) is 4.98 Å². The zero-order valence-corrected chi connectivity index (χ0v) is 13.6. The van der Waals surface area contributed by atoms with Crippen LogP contribution >= 0.6 is 11.3 Å². The van der Waals surface area contributed by atoms with Gasteiger partial charge >= 0.3 is 5.00 Å². The lowest BCUT2D eigenvalue weighted by Gasteiger charge is -2.30. The molecule has 2 fully saturated rings. The van der Waals surface area contributed by atoms with E-state index in [0.29, 0.717) is 11.8 Å². The molecule has 1 saturated carbocycles. The van der Waals surface area contributed by atoms with Crippen molar-refractivity contribution >= 4 is 16.3 Å². The summed E-state index contributed by atoms with van der Waals surface area (Å²) in [6.45, 7) is 2.78. The van der Waals surface area contributed by atoms with Crippen molar-refractivity contribution in [2.24, 2.45) is 0 Å². The minimum absolute atomic E-state index is 0.226. The largest absolute Gasteiger partial charge is 0.324 e. The fourth-order valence-electron chi connectivity index (χ4n) is 3.16. The van der Waals surface area contributed by atoms with Gasteiger partial charge in [0.2, 0.25) is 0 Å². The Morgan fingerprint density at radius 2 is 2.09 bits per heavy atom. The van der Waals surface area contributed by atoms with Gasteiger partial charge in [-0.2, -0.15) is 5.10 Å². The number of aromatic amines is 1. The maximum Gasteiger partial charge on any atom is 0.324 e. The van der Waals surface area contributed by atoms with Crippen molar-refractivity contribution in [1.29, 1.82) is 0 Å². The molecule has 2 aliphatic rings. The van der Waals surface area contributed by atoms with Crippen LogP contribution in [0.2, 0.25) is 0 Å². The second kappa shape index (κ2) is 6.01. The van der Waals surface area contributed by atoms with Crippen molar-refractivity contribution in [3.8, 4) is 0 Å². The summed E-state index contributed by atoms with van der Waals surface area (Å²) >= 11 is 1.21. The van der Waals surface area contributed by atoms with Crippen LogP contribution in [0.15, 0.2) is 11.4 Å². The van der Waals surface area contributed by atoms with E-state index in [4.69, 9.17) is 0 Å². The van der Waals surface area contributed by atoms with Gasteiger partial charge in [0, 0.05) is 29.8 Å². The first kappa shape index (κ1) is 14.8. The summed E-state index contributed by atoms with van der Waals surface area (Å²) in [6.07, 6.45) is 4.57. The number of piperidine rings is 1. The second-order valence-electron chi connectivity index (χ2n) is 6.45. The topological polar surface area (TPSA) is 87.9 Å². The number of hydrogen-bond acceptors (Lipinski definition) is 6. The number of nitrogens with one attached hydrogen (secondary N) is 1. The second-order valence-corrected chi connectivity index (χ2v) is 7.34. The van der Waals surface area contributed by atoms with Gasteiger partial charge in [0.05, 0.1) is 4.92 Å². The van der Waals surface area contributed by atoms with Crippen LogP contribution in [0.25, 0.3) is 0 Å². The lowest BCUT2D eigenvalue weighted by molar-refractivity contribution is -0.380. The summed E-state index contributed by atoms with van der Waals surface area (Å²) in [7, 11) is 0. The Bertz CT molecular complexity index is 700. The fraction of sp³-hybridized carbons (Fsp3) is 0.600. The lowest BCUT2D eigenvalue weighted by Crippen LogP contribution is -2.32. The minimum atomic E-state index is -0.318. The van der Waals surface area contributed by atoms with Crippen LogP contribution < -0.4 is 0 Å². The molecule has 0 bridgehead atoms. The van der Waals surface area contributed by atoms with Crippen LogP contribution in [0.4, 0.5) is 5.00 Å². The normalized spacial score (nSPS) is 20.0. The number of aromatic nitrogens is 3. The first-order chi connectivity index (χ1) is 11.2. The van der Waals surface area contributed by atoms with Crippen molar-refractivity contribution in [3.63, 3.8) is 0 Å². The van der Waals surface area contributed by atoms with E-state index in [1.54, 1.807) is 6.07 Å². The number of hydrogen-bond donors (Lipinski definition) is 1. The molecule has 2 aromatic rings. The Hall–Kier alpha value is -1.80. The highest BCUT2D eigenvalue weighted by Gasteiger charge is 2.30. The minimum Gasteiger partial charge on any atom is -0.299 e. The monoisotopic (exact) mass is 333 g/mol. The molecule has 7 nitrogen and oxygen atoms in total. The van der Waals surface area contributed by atoms with E-state index in [1.165, 1.54) is 24.2 Å². The predicted molar refractivity (Wildman–Crippen MR) is 86.6 cm³/mol. The summed E-state index contributed by atoms with van der Waals surface area (Å²) in [5.74, 6) is 3.09. The van der Waals surface area contributed by atoms with Gasteiger partial charge in [0.1, 0.15) is 5.82 Å². The van der Waals surface area contributed by atoms with Gasteiger partial charge in [-0.1, -0.05) is 11.3 Å². The van der Waals surface area contributed by atoms with Crippen molar-refractivity contribution in [3.05, 3.63) is 38.8 Å². The van der Waals surface area contributed by atoms with Crippen LogP contribution in [0.3, 0.4) is 0 Å². The maximum atomic E-state index is 10.7. The van der Waals surface area contributed by atoms with Crippen LogP contribution in [-0.4, -0.2) is 38.1 Å². The van der Waals surface area contributed by atoms with Crippen LogP contribution in [0.5, 0.6) is 0 Å². The zero-order valence-electron chi connectivity index (χ0n) is 12.8. The third-order valence-electron chi connectivity index (χ3n) is 4.66. The third kappa shape index (κ3) is 3.28. The van der Waals surface area contributed by atoms with Crippen LogP contribution in [0, 0.1) is 10.1 Å². The molecule has 0 amide bonds. The number of thiophene rings is 1. The van der Waals surface area contributed by atoms with Crippen LogP contribution in [0.1, 0.15) is 54.7 Å². The lowest BCUT2D eigenvalue weighted by atomic mass is 9.96. The van der Waals surface area contributed by atoms with Gasteiger partial charge in [0.15, 0.2) is 5.82 Å². The quantitative estimate of drug-likeness (QED) is 0.671. The van der Waals surface area contributed by atoms with Gasteiger partial charge in [-0.15, -0.1) is 0 Å². The van der Waals surface area contributed by atoms with E-state index in [2.05, 4.69) is 20.1 Å². The fourth-order valence-corrected chi connectivity index (χ4v) is 3.88. The molecule has 4 rings (SSSR count). The molecule has 1 N–H and O–H groups in total. The molecule has 0 atom stereocenters. The van der Waals surface area contributed by atoms with E-state index in [1.807, 2.05) is 5.38 Å². The Kier molecular flexibility index (Phi) is 3.86. The SMILES string of the molecule is O=[N+]([O-])c1cc(CN2CCC(c3nc(C4CC4)n[nH]3)CC2)cs1. The van der Waals surface area contributed by atoms with Gasteiger partial charge in [0.25, 0.3) is 0 Å². The molecule has 3 heterocycles. The molecule has 0 radical (unpaired) electrons. The van der Waals surface area contributed by atoms with Gasteiger partial charge in [-0.05, 0) is 44.3 Å². The van der Waals surface area contributed by atoms with E-state index < -0.39 is 0 Å². The molecule has 23 heavy (non-hydrogen) atoms. The van der Waals surface area contributed by atoms with Crippen molar-refractivity contribution in [2.75, 3.05) is 13.1 Å². The van der Waals surface area contributed by atoms with Crippen molar-refractivity contribution < 1.29 is 4.92 Å². The van der Waals surface area contributed by atoms with Crippen molar-refractivity contribution in [1.82, 2.24) is 20.1 Å². The van der Waals surface area contributed by atoms with E-state index >= 15 is 0 Å². The Balaban J connectivity index is 1.32. The summed E-state index contributed by atoms with van der Waals surface area (Å²) in [5, 5.41) is 20.3. The molecular formula is C15H19N5O2S. The van der Waals surface area contributed by atoms with Crippen LogP contribution in [-0.2, 0) is 6.54 Å². The number of H-pyrrole nitrogens is 1. The molecule has 2 aromatic heterocycles. The van der Waals surface area contributed by atoms with E-state index in [9.17, 15) is 10.1 Å². The Morgan fingerprint density at radius 1 is 1.30 bits per heavy atom. The highest BCUT2D eigenvalue weighted by Crippen LogP contribution is 2.38. The molecule has 1 aliphatic heterocycles. The number of likely N-dealkylation sites (tertiary alicyclic amines) is 1. The number of nitrogens with zero attached hydrogens (tertiary/aromatic N) is 4. The first-order valence-electron chi connectivity index (χ1n) is 8.05. The van der Waals surface area contributed by atoms with E-state index in [0.717, 1.165) is 49.7 Å².